The number of hydrogen-bond donors (Lipinski definition) is 1. The molecule has 1 aromatic carbocycles. The number of ether oxygens (including phenoxy) is 1. The Morgan fingerprint density at radius 1 is 1.39 bits per heavy atom. The van der Waals surface area contributed by atoms with Gasteiger partial charge < -0.3 is 9.84 Å². The second-order valence-corrected chi connectivity index (χ2v) is 7.56. The Hall–Kier alpha value is -1.43. The fraction of sp³-hybridized carbons (Fsp3) is 0.500. The van der Waals surface area contributed by atoms with Crippen LogP contribution < -0.4 is 4.74 Å². The van der Waals surface area contributed by atoms with E-state index >= 15 is 0 Å². The molecular weight excluding hydrogens is 308 g/mol. The van der Waals surface area contributed by atoms with E-state index in [1.54, 1.807) is 11.3 Å². The van der Waals surface area contributed by atoms with E-state index in [0.717, 1.165) is 42.4 Å². The number of rotatable bonds is 5. The van der Waals surface area contributed by atoms with Crippen molar-refractivity contribution < 1.29 is 9.84 Å². The second-order valence-electron chi connectivity index (χ2n) is 6.50. The first kappa shape index (κ1) is 16.4. The number of β-amino-alcohol motifs (C(OH)–C–C–N with tert-alkyl or cyclic N) is 1. The molecule has 3 rings (SSSR count). The van der Waals surface area contributed by atoms with Crippen LogP contribution in [0.1, 0.15) is 29.1 Å². The standard InChI is InChI=1S/C18H24N2O2S/c1-14-5-3-6-17(9-14)22-13-18(21)7-4-8-20(12-18)10-16-11-23-15(2)19-16/h3,5-6,9,11,21H,4,7-8,10,12-13H2,1-2H3. The van der Waals surface area contributed by atoms with E-state index in [2.05, 4.69) is 15.3 Å². The number of aromatic nitrogens is 1. The second kappa shape index (κ2) is 6.99. The van der Waals surface area contributed by atoms with E-state index in [0.29, 0.717) is 13.2 Å². The van der Waals surface area contributed by atoms with Gasteiger partial charge in [-0.3, -0.25) is 4.90 Å². The monoisotopic (exact) mass is 332 g/mol. The summed E-state index contributed by atoms with van der Waals surface area (Å²) in [4.78, 5) is 6.80. The number of piperidine rings is 1. The Labute approximate surface area is 141 Å². The molecule has 0 bridgehead atoms. The molecular formula is C18H24N2O2S. The van der Waals surface area contributed by atoms with Gasteiger partial charge in [-0.1, -0.05) is 12.1 Å². The predicted molar refractivity (Wildman–Crippen MR) is 93.0 cm³/mol. The molecule has 23 heavy (non-hydrogen) atoms. The summed E-state index contributed by atoms with van der Waals surface area (Å²) in [5.74, 6) is 0.825. The molecule has 1 aliphatic heterocycles. The maximum atomic E-state index is 10.9. The highest BCUT2D eigenvalue weighted by Crippen LogP contribution is 2.24. The lowest BCUT2D eigenvalue weighted by Crippen LogP contribution is -2.51. The minimum Gasteiger partial charge on any atom is -0.491 e. The van der Waals surface area contributed by atoms with Crippen LogP contribution in [-0.4, -0.2) is 40.3 Å². The molecule has 0 amide bonds. The molecule has 1 aliphatic rings. The Bertz CT molecular complexity index is 658. The van der Waals surface area contributed by atoms with Crippen molar-refractivity contribution in [2.45, 2.75) is 38.8 Å². The highest BCUT2D eigenvalue weighted by atomic mass is 32.1. The van der Waals surface area contributed by atoms with E-state index in [-0.39, 0.29) is 0 Å². The molecule has 2 heterocycles. The molecule has 124 valence electrons. The number of hydrogen-bond acceptors (Lipinski definition) is 5. The molecule has 4 nitrogen and oxygen atoms in total. The summed E-state index contributed by atoms with van der Waals surface area (Å²) in [5.41, 5.74) is 1.47. The van der Waals surface area contributed by atoms with Crippen molar-refractivity contribution in [3.8, 4) is 5.75 Å². The number of aryl methyl sites for hydroxylation is 2. The van der Waals surface area contributed by atoms with Gasteiger partial charge in [0.1, 0.15) is 18.0 Å². The van der Waals surface area contributed by atoms with Gasteiger partial charge >= 0.3 is 0 Å². The summed E-state index contributed by atoms with van der Waals surface area (Å²) < 4.78 is 5.84. The maximum Gasteiger partial charge on any atom is 0.119 e. The van der Waals surface area contributed by atoms with Gasteiger partial charge in [0.25, 0.3) is 0 Å². The lowest BCUT2D eigenvalue weighted by atomic mass is 9.93. The third kappa shape index (κ3) is 4.53. The van der Waals surface area contributed by atoms with Crippen LogP contribution in [0.5, 0.6) is 5.75 Å². The third-order valence-corrected chi connectivity index (χ3v) is 5.01. The van der Waals surface area contributed by atoms with E-state index in [1.807, 2.05) is 38.1 Å². The van der Waals surface area contributed by atoms with Crippen LogP contribution in [0.2, 0.25) is 0 Å². The van der Waals surface area contributed by atoms with Gasteiger partial charge in [0.05, 0.1) is 10.7 Å². The maximum absolute atomic E-state index is 10.9. The Kier molecular flexibility index (Phi) is 4.99. The predicted octanol–water partition coefficient (Wildman–Crippen LogP) is 3.17. The van der Waals surface area contributed by atoms with Crippen molar-refractivity contribution in [1.82, 2.24) is 9.88 Å². The zero-order chi connectivity index (χ0) is 16.3. The molecule has 5 heteroatoms. The Morgan fingerprint density at radius 3 is 3.00 bits per heavy atom. The summed E-state index contributed by atoms with van der Waals surface area (Å²) in [6, 6.07) is 7.96. The molecule has 1 saturated heterocycles. The van der Waals surface area contributed by atoms with E-state index in [1.165, 1.54) is 5.56 Å². The van der Waals surface area contributed by atoms with Crippen molar-refractivity contribution in [3.05, 3.63) is 45.9 Å². The number of benzene rings is 1. The Morgan fingerprint density at radius 2 is 2.26 bits per heavy atom. The summed E-state index contributed by atoms with van der Waals surface area (Å²) in [5, 5.41) is 14.1. The van der Waals surface area contributed by atoms with Crippen LogP contribution in [0.25, 0.3) is 0 Å². The summed E-state index contributed by atoms with van der Waals surface area (Å²) in [6.07, 6.45) is 1.77. The molecule has 1 unspecified atom stereocenters. The zero-order valence-corrected chi connectivity index (χ0v) is 14.6. The average molecular weight is 332 g/mol. The summed E-state index contributed by atoms with van der Waals surface area (Å²) >= 11 is 1.68. The first-order chi connectivity index (χ1) is 11.0. The molecule has 1 fully saturated rings. The van der Waals surface area contributed by atoms with Crippen molar-refractivity contribution in [1.29, 1.82) is 0 Å². The number of nitrogens with zero attached hydrogens (tertiary/aromatic N) is 2. The number of aliphatic hydroxyl groups is 1. The van der Waals surface area contributed by atoms with E-state index < -0.39 is 5.60 Å². The summed E-state index contributed by atoms with van der Waals surface area (Å²) in [7, 11) is 0. The number of likely N-dealkylation sites (tertiary alicyclic amines) is 1. The lowest BCUT2D eigenvalue weighted by molar-refractivity contribution is -0.0623. The highest BCUT2D eigenvalue weighted by Gasteiger charge is 2.34. The normalized spacial score (nSPS) is 22.2. The van der Waals surface area contributed by atoms with Crippen molar-refractivity contribution in [2.75, 3.05) is 19.7 Å². The van der Waals surface area contributed by atoms with Gasteiger partial charge in [0.2, 0.25) is 0 Å². The van der Waals surface area contributed by atoms with Gasteiger partial charge in [-0.15, -0.1) is 11.3 Å². The topological polar surface area (TPSA) is 45.6 Å². The van der Waals surface area contributed by atoms with Crippen molar-refractivity contribution >= 4 is 11.3 Å². The highest BCUT2D eigenvalue weighted by molar-refractivity contribution is 7.09. The summed E-state index contributed by atoms with van der Waals surface area (Å²) in [6.45, 7) is 6.84. The molecule has 2 aromatic rings. The van der Waals surface area contributed by atoms with Gasteiger partial charge in [-0.2, -0.15) is 0 Å². The molecule has 1 N–H and O–H groups in total. The quantitative estimate of drug-likeness (QED) is 0.913. The van der Waals surface area contributed by atoms with E-state index in [9.17, 15) is 5.11 Å². The van der Waals surface area contributed by atoms with Crippen molar-refractivity contribution in [3.63, 3.8) is 0 Å². The van der Waals surface area contributed by atoms with Gasteiger partial charge in [-0.05, 0) is 50.9 Å². The third-order valence-electron chi connectivity index (χ3n) is 4.18. The van der Waals surface area contributed by atoms with Gasteiger partial charge in [0, 0.05) is 18.5 Å². The minimum absolute atomic E-state index is 0.336. The molecule has 0 spiro atoms. The van der Waals surface area contributed by atoms with E-state index in [4.69, 9.17) is 4.74 Å². The van der Waals surface area contributed by atoms with Crippen LogP contribution in [-0.2, 0) is 6.54 Å². The fourth-order valence-electron chi connectivity index (χ4n) is 3.09. The average Bonchev–Trinajstić information content (AvgIpc) is 2.91. The van der Waals surface area contributed by atoms with Crippen LogP contribution in [0.4, 0.5) is 0 Å². The van der Waals surface area contributed by atoms with Crippen LogP contribution in [0.3, 0.4) is 0 Å². The molecule has 1 aromatic heterocycles. The minimum atomic E-state index is -0.785. The first-order valence-electron chi connectivity index (χ1n) is 8.08. The molecule has 0 aliphatic carbocycles. The van der Waals surface area contributed by atoms with Crippen LogP contribution in [0.15, 0.2) is 29.6 Å². The lowest BCUT2D eigenvalue weighted by Gasteiger charge is -2.38. The Balaban J connectivity index is 1.57. The largest absolute Gasteiger partial charge is 0.491 e. The SMILES string of the molecule is Cc1cccc(OCC2(O)CCCN(Cc3csc(C)n3)C2)c1. The smallest absolute Gasteiger partial charge is 0.119 e. The molecule has 0 radical (unpaired) electrons. The zero-order valence-electron chi connectivity index (χ0n) is 13.8. The van der Waals surface area contributed by atoms with Gasteiger partial charge in [0.15, 0.2) is 0 Å². The molecule has 1 atom stereocenters. The van der Waals surface area contributed by atoms with Gasteiger partial charge in [-0.25, -0.2) is 4.98 Å². The first-order valence-corrected chi connectivity index (χ1v) is 8.96. The number of thiazole rings is 1. The fourth-order valence-corrected chi connectivity index (χ4v) is 3.70. The van der Waals surface area contributed by atoms with Crippen molar-refractivity contribution in [2.24, 2.45) is 0 Å². The van der Waals surface area contributed by atoms with Crippen LogP contribution >= 0.6 is 11.3 Å². The van der Waals surface area contributed by atoms with Crippen LogP contribution in [0, 0.1) is 13.8 Å². The molecule has 0 saturated carbocycles.